The van der Waals surface area contributed by atoms with E-state index in [-0.39, 0.29) is 0 Å². The molecule has 0 amide bonds. The van der Waals surface area contributed by atoms with Crippen LogP contribution >= 0.6 is 11.8 Å². The second kappa shape index (κ2) is 10.3. The second-order valence-corrected chi connectivity index (χ2v) is 11.6. The Morgan fingerprint density at radius 2 is 1.86 bits per heavy atom. The molecule has 2 saturated carbocycles. The summed E-state index contributed by atoms with van der Waals surface area (Å²) in [6.07, 6.45) is 12.3. The number of hydrogen-bond acceptors (Lipinski definition) is 6. The van der Waals surface area contributed by atoms with Gasteiger partial charge in [-0.25, -0.2) is 0 Å². The lowest BCUT2D eigenvalue weighted by molar-refractivity contribution is 0.211. The Morgan fingerprint density at radius 1 is 1.10 bits per heavy atom. The molecule has 166 valence electrons. The molecule has 3 fully saturated rings. The molecule has 1 saturated heterocycles. The zero-order chi connectivity index (χ0) is 20.2. The Bertz CT molecular complexity index is 539. The van der Waals surface area contributed by atoms with Gasteiger partial charge in [-0.15, -0.1) is 11.8 Å². The number of nitrogens with one attached hydrogen (secondary N) is 2. The number of nitrogens with zero attached hydrogens (tertiary/aromatic N) is 3. The molecule has 4 rings (SSSR count). The maximum atomic E-state index is 4.83. The van der Waals surface area contributed by atoms with Gasteiger partial charge in [0.15, 0.2) is 0 Å². The van der Waals surface area contributed by atoms with Crippen LogP contribution in [0.1, 0.15) is 64.7 Å². The molecule has 2 aliphatic carbocycles. The fourth-order valence-electron chi connectivity index (χ4n) is 5.83. The van der Waals surface area contributed by atoms with Gasteiger partial charge in [-0.05, 0) is 90.9 Å². The lowest BCUT2D eigenvalue weighted by Gasteiger charge is -2.37. The van der Waals surface area contributed by atoms with Gasteiger partial charge in [0.2, 0.25) is 0 Å². The number of likely N-dealkylation sites (tertiary alicyclic amines) is 1. The van der Waals surface area contributed by atoms with E-state index in [1.807, 2.05) is 0 Å². The quantitative estimate of drug-likeness (QED) is 0.688. The normalized spacial score (nSPS) is 39.1. The van der Waals surface area contributed by atoms with E-state index in [0.29, 0.717) is 17.3 Å². The van der Waals surface area contributed by atoms with Crippen LogP contribution in [0.3, 0.4) is 0 Å². The highest BCUT2D eigenvalue weighted by atomic mass is 32.2. The summed E-state index contributed by atoms with van der Waals surface area (Å²) >= 11 is 2.21. The highest BCUT2D eigenvalue weighted by molar-refractivity contribution is 8.00. The van der Waals surface area contributed by atoms with Crippen molar-refractivity contribution in [2.45, 2.75) is 87.4 Å². The van der Waals surface area contributed by atoms with Crippen molar-refractivity contribution >= 4 is 17.6 Å². The molecule has 2 aliphatic heterocycles. The first-order valence-electron chi connectivity index (χ1n) is 12.2. The van der Waals surface area contributed by atoms with E-state index in [9.17, 15) is 0 Å². The van der Waals surface area contributed by atoms with Crippen LogP contribution in [0.5, 0.6) is 0 Å². The van der Waals surface area contributed by atoms with E-state index in [0.717, 1.165) is 23.9 Å². The summed E-state index contributed by atoms with van der Waals surface area (Å²) in [4.78, 5) is 9.93. The van der Waals surface area contributed by atoms with Crippen molar-refractivity contribution in [2.75, 3.05) is 40.4 Å². The summed E-state index contributed by atoms with van der Waals surface area (Å²) in [5, 5.41) is 8.89. The van der Waals surface area contributed by atoms with Gasteiger partial charge in [0, 0.05) is 29.8 Å². The van der Waals surface area contributed by atoms with Crippen LogP contribution in [0.25, 0.3) is 0 Å². The van der Waals surface area contributed by atoms with Crippen LogP contribution in [-0.4, -0.2) is 78.7 Å². The third-order valence-corrected chi connectivity index (χ3v) is 9.43. The number of hydrogen-bond donors (Lipinski definition) is 2. The van der Waals surface area contributed by atoms with Gasteiger partial charge in [-0.3, -0.25) is 10.3 Å². The molecule has 6 heteroatoms. The molecule has 0 spiro atoms. The zero-order valence-corrected chi connectivity index (χ0v) is 19.7. The molecule has 29 heavy (non-hydrogen) atoms. The van der Waals surface area contributed by atoms with E-state index in [1.54, 1.807) is 0 Å². The number of aliphatic imine (C=N–C) groups is 1. The molecular weight excluding hydrogens is 378 g/mol. The number of rotatable bonds is 6. The minimum Gasteiger partial charge on any atom is -0.371 e. The van der Waals surface area contributed by atoms with E-state index < -0.39 is 0 Å². The summed E-state index contributed by atoms with van der Waals surface area (Å²) in [6.45, 7) is 7.20. The van der Waals surface area contributed by atoms with Gasteiger partial charge in [0.25, 0.3) is 0 Å². The first kappa shape index (κ1) is 21.9. The number of amidine groups is 1. The van der Waals surface area contributed by atoms with Gasteiger partial charge in [-0.1, -0.05) is 6.92 Å². The fourth-order valence-corrected chi connectivity index (χ4v) is 7.44. The van der Waals surface area contributed by atoms with E-state index in [4.69, 9.17) is 4.99 Å². The van der Waals surface area contributed by atoms with Crippen LogP contribution in [-0.2, 0) is 0 Å². The smallest absolute Gasteiger partial charge is 0.103 e. The monoisotopic (exact) mass is 421 g/mol. The van der Waals surface area contributed by atoms with Crippen LogP contribution in [0, 0.1) is 11.8 Å². The standard InChI is InChI=1S/C23H43N5S/c1-17-22(26-19-7-9-20(10-8-19)27(2)3)24-16-25-23(17)29-21-11-6-18(14-21)15-28-12-4-5-13-28/h17-21,23,25H,4-16H2,1-3H3,(H,24,26)/t17-,18?,19?,20?,21-,23?/m0/s1. The minimum absolute atomic E-state index is 0.484. The molecule has 4 atom stereocenters. The topological polar surface area (TPSA) is 42.9 Å². The van der Waals surface area contributed by atoms with Crippen LogP contribution in [0.2, 0.25) is 0 Å². The van der Waals surface area contributed by atoms with Crippen LogP contribution < -0.4 is 10.6 Å². The van der Waals surface area contributed by atoms with Crippen molar-refractivity contribution in [3.05, 3.63) is 0 Å². The van der Waals surface area contributed by atoms with Crippen molar-refractivity contribution in [1.29, 1.82) is 0 Å². The SMILES string of the molecule is C[C@H]1C(NC2CCC(N(C)C)CC2)=NCNC1S[C@H]1CCC(CN2CCCC2)C1. The Balaban J connectivity index is 1.21. The number of thioether (sulfide) groups is 1. The average molecular weight is 422 g/mol. The molecule has 0 aromatic carbocycles. The molecular formula is C23H43N5S. The van der Waals surface area contributed by atoms with E-state index in [2.05, 4.69) is 53.2 Å². The second-order valence-electron chi connectivity index (χ2n) is 10.2. The lowest BCUT2D eigenvalue weighted by atomic mass is 9.90. The van der Waals surface area contributed by atoms with Crippen molar-refractivity contribution in [1.82, 2.24) is 20.4 Å². The summed E-state index contributed by atoms with van der Waals surface area (Å²) in [6, 6.07) is 1.38. The van der Waals surface area contributed by atoms with Crippen LogP contribution in [0.4, 0.5) is 0 Å². The van der Waals surface area contributed by atoms with Crippen molar-refractivity contribution in [3.63, 3.8) is 0 Å². The minimum atomic E-state index is 0.484. The first-order valence-corrected chi connectivity index (χ1v) is 13.1. The van der Waals surface area contributed by atoms with Gasteiger partial charge >= 0.3 is 0 Å². The van der Waals surface area contributed by atoms with Crippen molar-refractivity contribution in [2.24, 2.45) is 16.8 Å². The average Bonchev–Trinajstić information content (AvgIpc) is 3.38. The molecule has 0 bridgehead atoms. The Labute approximate surface area is 182 Å². The maximum absolute atomic E-state index is 4.83. The maximum Gasteiger partial charge on any atom is 0.103 e. The molecule has 2 N–H and O–H groups in total. The molecule has 2 heterocycles. The summed E-state index contributed by atoms with van der Waals surface area (Å²) in [5.41, 5.74) is 0. The van der Waals surface area contributed by atoms with Gasteiger partial charge in [0.05, 0.1) is 12.0 Å². The van der Waals surface area contributed by atoms with Crippen LogP contribution in [0.15, 0.2) is 4.99 Å². The Kier molecular flexibility index (Phi) is 7.81. The molecule has 4 aliphatic rings. The Morgan fingerprint density at radius 3 is 2.59 bits per heavy atom. The predicted octanol–water partition coefficient (Wildman–Crippen LogP) is 3.37. The molecule has 5 nitrogen and oxygen atoms in total. The largest absolute Gasteiger partial charge is 0.371 e. The molecule has 0 aromatic heterocycles. The summed E-state index contributed by atoms with van der Waals surface area (Å²) in [5.74, 6) is 2.68. The summed E-state index contributed by atoms with van der Waals surface area (Å²) < 4.78 is 0. The predicted molar refractivity (Wildman–Crippen MR) is 126 cm³/mol. The van der Waals surface area contributed by atoms with Gasteiger partial charge in [-0.2, -0.15) is 0 Å². The van der Waals surface area contributed by atoms with Crippen molar-refractivity contribution < 1.29 is 0 Å². The summed E-state index contributed by atoms with van der Waals surface area (Å²) in [7, 11) is 4.44. The first-order chi connectivity index (χ1) is 14.1. The third kappa shape index (κ3) is 5.90. The van der Waals surface area contributed by atoms with E-state index in [1.165, 1.54) is 83.3 Å². The molecule has 0 aromatic rings. The van der Waals surface area contributed by atoms with Gasteiger partial charge in [0.1, 0.15) is 5.84 Å². The highest BCUT2D eigenvalue weighted by Crippen LogP contribution is 2.38. The lowest BCUT2D eigenvalue weighted by Crippen LogP contribution is -2.50. The molecule has 0 radical (unpaired) electrons. The fraction of sp³-hybridized carbons (Fsp3) is 0.957. The highest BCUT2D eigenvalue weighted by Gasteiger charge is 2.34. The van der Waals surface area contributed by atoms with Gasteiger partial charge < -0.3 is 15.1 Å². The third-order valence-electron chi connectivity index (χ3n) is 7.75. The Hall–Kier alpha value is -0.300. The van der Waals surface area contributed by atoms with E-state index >= 15 is 0 Å². The molecule has 2 unspecified atom stereocenters. The zero-order valence-electron chi connectivity index (χ0n) is 18.9. The van der Waals surface area contributed by atoms with Crippen molar-refractivity contribution in [3.8, 4) is 0 Å².